The Morgan fingerprint density at radius 2 is 2.00 bits per heavy atom. The minimum absolute atomic E-state index is 0. The molecule has 0 bridgehead atoms. The van der Waals surface area contributed by atoms with Crippen LogP contribution in [0.4, 0.5) is 0 Å². The number of nitrogens with one attached hydrogen (secondary N) is 1. The fraction of sp³-hybridized carbons (Fsp3) is 0.333. The highest BCUT2D eigenvalue weighted by atomic mass is 79.9. The first-order chi connectivity index (χ1) is 6.25. The van der Waals surface area contributed by atoms with Crippen LogP contribution in [0.1, 0.15) is 5.56 Å². The summed E-state index contributed by atoms with van der Waals surface area (Å²) >= 11 is 11.8. The second-order valence-corrected chi connectivity index (χ2v) is 3.40. The van der Waals surface area contributed by atoms with Crippen LogP contribution in [0.5, 0.6) is 0 Å². The zero-order valence-corrected chi connectivity index (χ0v) is 10.7. The second-order valence-electron chi connectivity index (χ2n) is 2.61. The van der Waals surface area contributed by atoms with E-state index in [1.807, 2.05) is 12.1 Å². The molecule has 0 aromatic heterocycles. The highest BCUT2D eigenvalue weighted by Crippen LogP contribution is 2.25. The zero-order chi connectivity index (χ0) is 9.68. The van der Waals surface area contributed by atoms with E-state index in [1.165, 1.54) is 0 Å². The van der Waals surface area contributed by atoms with Gasteiger partial charge in [-0.2, -0.15) is 0 Å². The van der Waals surface area contributed by atoms with Crippen LogP contribution in [-0.2, 0) is 6.54 Å². The third-order valence-electron chi connectivity index (χ3n) is 1.64. The summed E-state index contributed by atoms with van der Waals surface area (Å²) in [6.07, 6.45) is 0. The minimum atomic E-state index is 0. The first kappa shape index (κ1) is 14.2. The molecular weight excluding hydrogens is 289 g/mol. The van der Waals surface area contributed by atoms with E-state index in [9.17, 15) is 0 Å². The molecule has 80 valence electrons. The zero-order valence-electron chi connectivity index (χ0n) is 7.46. The van der Waals surface area contributed by atoms with Crippen LogP contribution < -0.4 is 5.32 Å². The van der Waals surface area contributed by atoms with Crippen molar-refractivity contribution in [1.29, 1.82) is 0 Å². The molecule has 0 fully saturated rings. The van der Waals surface area contributed by atoms with E-state index in [0.717, 1.165) is 5.56 Å². The van der Waals surface area contributed by atoms with Crippen molar-refractivity contribution in [1.82, 2.24) is 5.32 Å². The molecule has 2 nitrogen and oxygen atoms in total. The summed E-state index contributed by atoms with van der Waals surface area (Å²) < 4.78 is 0. The van der Waals surface area contributed by atoms with Crippen molar-refractivity contribution in [2.24, 2.45) is 0 Å². The quantitative estimate of drug-likeness (QED) is 0.838. The van der Waals surface area contributed by atoms with Crippen LogP contribution in [-0.4, -0.2) is 18.3 Å². The second kappa shape index (κ2) is 7.49. The third kappa shape index (κ3) is 4.15. The van der Waals surface area contributed by atoms with Crippen LogP contribution in [0.15, 0.2) is 18.2 Å². The summed E-state index contributed by atoms with van der Waals surface area (Å²) in [5.74, 6) is 0. The Labute approximate surface area is 104 Å². The lowest BCUT2D eigenvalue weighted by Gasteiger charge is -2.05. The van der Waals surface area contributed by atoms with E-state index >= 15 is 0 Å². The molecule has 1 rings (SSSR count). The third-order valence-corrected chi connectivity index (χ3v) is 2.49. The van der Waals surface area contributed by atoms with Crippen LogP contribution >= 0.6 is 40.2 Å². The van der Waals surface area contributed by atoms with Crippen molar-refractivity contribution in [3.63, 3.8) is 0 Å². The van der Waals surface area contributed by atoms with Gasteiger partial charge in [-0.3, -0.25) is 0 Å². The highest BCUT2D eigenvalue weighted by molar-refractivity contribution is 8.93. The molecule has 0 heterocycles. The van der Waals surface area contributed by atoms with Crippen LogP contribution in [0.25, 0.3) is 0 Å². The Balaban J connectivity index is 0.00000169. The Hall–Kier alpha value is 0.200. The monoisotopic (exact) mass is 299 g/mol. The van der Waals surface area contributed by atoms with E-state index < -0.39 is 0 Å². The van der Waals surface area contributed by atoms with Crippen molar-refractivity contribution in [2.45, 2.75) is 6.54 Å². The van der Waals surface area contributed by atoms with Gasteiger partial charge in [-0.15, -0.1) is 17.0 Å². The lowest BCUT2D eigenvalue weighted by atomic mass is 10.2. The van der Waals surface area contributed by atoms with E-state index in [1.54, 1.807) is 6.07 Å². The number of rotatable bonds is 4. The molecule has 0 unspecified atom stereocenters. The summed E-state index contributed by atoms with van der Waals surface area (Å²) in [5, 5.41) is 12.7. The summed E-state index contributed by atoms with van der Waals surface area (Å²) in [4.78, 5) is 0. The number of halogens is 3. The molecular formula is C9H12BrCl2NO. The van der Waals surface area contributed by atoms with Gasteiger partial charge < -0.3 is 10.4 Å². The van der Waals surface area contributed by atoms with Gasteiger partial charge in [0.05, 0.1) is 16.7 Å². The number of benzene rings is 1. The first-order valence-corrected chi connectivity index (χ1v) is 4.75. The lowest BCUT2D eigenvalue weighted by Crippen LogP contribution is -2.17. The maximum absolute atomic E-state index is 8.55. The molecule has 0 radical (unpaired) electrons. The highest BCUT2D eigenvalue weighted by Gasteiger charge is 2.02. The summed E-state index contributed by atoms with van der Waals surface area (Å²) in [6.45, 7) is 1.31. The summed E-state index contributed by atoms with van der Waals surface area (Å²) in [5.41, 5.74) is 0.947. The standard InChI is InChI=1S/C9H11Cl2NO.BrH/c10-8-3-1-2-7(9(8)11)6-12-4-5-13;/h1-3,12-13H,4-6H2;1H. The van der Waals surface area contributed by atoms with Gasteiger partial charge in [0.1, 0.15) is 0 Å². The van der Waals surface area contributed by atoms with E-state index in [0.29, 0.717) is 23.1 Å². The van der Waals surface area contributed by atoms with E-state index in [2.05, 4.69) is 5.32 Å². The van der Waals surface area contributed by atoms with E-state index in [4.69, 9.17) is 28.3 Å². The van der Waals surface area contributed by atoms with E-state index in [-0.39, 0.29) is 23.6 Å². The largest absolute Gasteiger partial charge is 0.395 e. The molecule has 0 amide bonds. The molecule has 14 heavy (non-hydrogen) atoms. The van der Waals surface area contributed by atoms with Gasteiger partial charge in [-0.05, 0) is 11.6 Å². The maximum atomic E-state index is 8.55. The topological polar surface area (TPSA) is 32.3 Å². The van der Waals surface area contributed by atoms with Gasteiger partial charge in [0.15, 0.2) is 0 Å². The molecule has 0 aliphatic heterocycles. The van der Waals surface area contributed by atoms with Crippen LogP contribution in [0, 0.1) is 0 Å². The van der Waals surface area contributed by atoms with Gasteiger partial charge >= 0.3 is 0 Å². The van der Waals surface area contributed by atoms with Crippen molar-refractivity contribution < 1.29 is 5.11 Å². The smallest absolute Gasteiger partial charge is 0.0637 e. The number of aliphatic hydroxyl groups excluding tert-OH is 1. The normalized spacial score (nSPS) is 9.64. The molecule has 0 atom stereocenters. The van der Waals surface area contributed by atoms with Crippen LogP contribution in [0.2, 0.25) is 10.0 Å². The van der Waals surface area contributed by atoms with Crippen LogP contribution in [0.3, 0.4) is 0 Å². The van der Waals surface area contributed by atoms with Crippen molar-refractivity contribution in [3.05, 3.63) is 33.8 Å². The van der Waals surface area contributed by atoms with Gasteiger partial charge in [-0.1, -0.05) is 35.3 Å². The Morgan fingerprint density at radius 3 is 2.64 bits per heavy atom. The molecule has 0 saturated heterocycles. The molecule has 0 spiro atoms. The fourth-order valence-corrected chi connectivity index (χ4v) is 1.37. The summed E-state index contributed by atoms with van der Waals surface area (Å²) in [7, 11) is 0. The predicted octanol–water partition coefficient (Wildman–Crippen LogP) is 2.65. The molecule has 5 heteroatoms. The molecule has 0 aliphatic carbocycles. The van der Waals surface area contributed by atoms with Gasteiger partial charge in [0.25, 0.3) is 0 Å². The average molecular weight is 301 g/mol. The number of aliphatic hydroxyl groups is 1. The van der Waals surface area contributed by atoms with Gasteiger partial charge in [0, 0.05) is 13.1 Å². The van der Waals surface area contributed by atoms with Crippen molar-refractivity contribution >= 4 is 40.2 Å². The Bertz CT molecular complexity index is 284. The maximum Gasteiger partial charge on any atom is 0.0637 e. The van der Waals surface area contributed by atoms with Crippen molar-refractivity contribution in [3.8, 4) is 0 Å². The molecule has 1 aromatic carbocycles. The Kier molecular flexibility index (Phi) is 7.59. The molecule has 0 aliphatic rings. The molecule has 2 N–H and O–H groups in total. The SMILES string of the molecule is Br.OCCNCc1cccc(Cl)c1Cl. The van der Waals surface area contributed by atoms with Gasteiger partial charge in [0.2, 0.25) is 0 Å². The molecule has 1 aromatic rings. The number of hydrogen-bond donors (Lipinski definition) is 2. The average Bonchev–Trinajstić information content (AvgIpc) is 2.13. The lowest BCUT2D eigenvalue weighted by molar-refractivity contribution is 0.292. The fourth-order valence-electron chi connectivity index (χ4n) is 0.987. The molecule has 0 saturated carbocycles. The van der Waals surface area contributed by atoms with Crippen molar-refractivity contribution in [2.75, 3.05) is 13.2 Å². The Morgan fingerprint density at radius 1 is 1.29 bits per heavy atom. The minimum Gasteiger partial charge on any atom is -0.395 e. The predicted molar refractivity (Wildman–Crippen MR) is 65.6 cm³/mol. The van der Waals surface area contributed by atoms with Gasteiger partial charge in [-0.25, -0.2) is 0 Å². The number of hydrogen-bond acceptors (Lipinski definition) is 2. The summed E-state index contributed by atoms with van der Waals surface area (Å²) in [6, 6.07) is 5.50. The first-order valence-electron chi connectivity index (χ1n) is 4.00.